The number of rotatable bonds is 3. The summed E-state index contributed by atoms with van der Waals surface area (Å²) in [6.07, 6.45) is 5.82. The Hall–Kier alpha value is -2.25. The molecular formula is C20H23N3O3S. The summed E-state index contributed by atoms with van der Waals surface area (Å²) in [5, 5.41) is 3.12. The largest absolute Gasteiger partial charge is 0.351 e. The molecular weight excluding hydrogens is 362 g/mol. The van der Waals surface area contributed by atoms with Crippen LogP contribution in [0, 0.1) is 0 Å². The number of pyridine rings is 1. The Balaban J connectivity index is 1.75. The number of sulfonamides is 1. The summed E-state index contributed by atoms with van der Waals surface area (Å²) >= 11 is 0. The number of fused-ring (bicyclic) bond motifs is 1. The van der Waals surface area contributed by atoms with E-state index in [-0.39, 0.29) is 28.8 Å². The van der Waals surface area contributed by atoms with Crippen LogP contribution in [0.5, 0.6) is 0 Å². The molecule has 1 N–H and O–H groups in total. The minimum Gasteiger partial charge on any atom is -0.351 e. The fourth-order valence-electron chi connectivity index (χ4n) is 4.23. The molecule has 3 heterocycles. The van der Waals surface area contributed by atoms with Crippen molar-refractivity contribution < 1.29 is 13.2 Å². The number of carbonyl (C=O) groups is 1. The van der Waals surface area contributed by atoms with E-state index >= 15 is 0 Å². The van der Waals surface area contributed by atoms with E-state index in [1.54, 1.807) is 22.6 Å². The monoisotopic (exact) mass is 385 g/mol. The Bertz CT molecular complexity index is 903. The zero-order valence-corrected chi connectivity index (χ0v) is 15.8. The second-order valence-electron chi connectivity index (χ2n) is 7.19. The third-order valence-corrected chi connectivity index (χ3v) is 7.42. The quantitative estimate of drug-likeness (QED) is 0.879. The van der Waals surface area contributed by atoms with Crippen molar-refractivity contribution in [2.45, 2.75) is 48.6 Å². The molecule has 2 aliphatic rings. The first-order chi connectivity index (χ1) is 13.1. The fraction of sp³-hybridized carbons (Fsp3) is 0.400. The van der Waals surface area contributed by atoms with Gasteiger partial charge in [-0.05, 0) is 30.5 Å². The van der Waals surface area contributed by atoms with Crippen molar-refractivity contribution in [3.05, 3.63) is 60.4 Å². The zero-order chi connectivity index (χ0) is 18.9. The highest BCUT2D eigenvalue weighted by Crippen LogP contribution is 2.38. The topological polar surface area (TPSA) is 79.4 Å². The molecule has 2 fully saturated rings. The summed E-state index contributed by atoms with van der Waals surface area (Å²) in [4.78, 5) is 16.5. The summed E-state index contributed by atoms with van der Waals surface area (Å²) in [7, 11) is -3.68. The molecule has 142 valence electrons. The molecule has 1 aromatic heterocycles. The third kappa shape index (κ3) is 3.49. The first-order valence-electron chi connectivity index (χ1n) is 9.33. The van der Waals surface area contributed by atoms with Crippen LogP contribution in [0.25, 0.3) is 0 Å². The molecule has 0 bridgehead atoms. The minimum atomic E-state index is -3.68. The van der Waals surface area contributed by atoms with Crippen LogP contribution in [0.2, 0.25) is 0 Å². The molecule has 0 radical (unpaired) electrons. The molecule has 0 aliphatic carbocycles. The number of nitrogens with zero attached hydrogens (tertiary/aromatic N) is 2. The number of carbonyl (C=O) groups excluding carboxylic acids is 1. The fourth-order valence-corrected chi connectivity index (χ4v) is 5.90. The summed E-state index contributed by atoms with van der Waals surface area (Å²) in [5.74, 6) is -0.0593. The molecule has 7 heteroatoms. The van der Waals surface area contributed by atoms with E-state index in [1.165, 1.54) is 6.20 Å². The molecule has 6 nitrogen and oxygen atoms in total. The maximum absolute atomic E-state index is 13.3. The van der Waals surface area contributed by atoms with Crippen molar-refractivity contribution in [1.82, 2.24) is 14.6 Å². The smallest absolute Gasteiger partial charge is 0.244 e. The van der Waals surface area contributed by atoms with Gasteiger partial charge in [-0.15, -0.1) is 0 Å². The van der Waals surface area contributed by atoms with Crippen molar-refractivity contribution in [2.75, 3.05) is 6.54 Å². The van der Waals surface area contributed by atoms with E-state index in [0.29, 0.717) is 13.0 Å². The van der Waals surface area contributed by atoms with Gasteiger partial charge >= 0.3 is 0 Å². The van der Waals surface area contributed by atoms with Gasteiger partial charge in [0.15, 0.2) is 0 Å². The first-order valence-corrected chi connectivity index (χ1v) is 10.8. The van der Waals surface area contributed by atoms with E-state index in [0.717, 1.165) is 24.8 Å². The van der Waals surface area contributed by atoms with Crippen LogP contribution < -0.4 is 5.32 Å². The maximum Gasteiger partial charge on any atom is 0.244 e. The molecule has 2 saturated heterocycles. The Labute approximate surface area is 159 Å². The number of aromatic nitrogens is 1. The van der Waals surface area contributed by atoms with E-state index in [4.69, 9.17) is 0 Å². The van der Waals surface area contributed by atoms with Crippen LogP contribution in [-0.2, 0) is 14.8 Å². The molecule has 1 amide bonds. The SMILES string of the molecule is O=C1CCCC[C@@H]2[C@@H](N1)[C@H](c1ccccc1)CN2S(=O)(=O)c1cccnc1. The molecule has 27 heavy (non-hydrogen) atoms. The second kappa shape index (κ2) is 7.40. The number of nitrogens with one attached hydrogen (secondary N) is 1. The predicted octanol–water partition coefficient (Wildman–Crippen LogP) is 2.30. The third-order valence-electron chi connectivity index (χ3n) is 5.54. The second-order valence-corrected chi connectivity index (χ2v) is 9.08. The molecule has 2 aromatic rings. The van der Waals surface area contributed by atoms with Crippen LogP contribution >= 0.6 is 0 Å². The standard InChI is InChI=1S/C20H23N3O3S/c24-19-11-5-4-10-18-20(22-19)17(15-7-2-1-3-8-15)14-23(18)27(25,26)16-9-6-12-21-13-16/h1-3,6-9,12-13,17-18,20H,4-5,10-11,14H2,(H,22,24)/t17-,18+,20-/m0/s1. The van der Waals surface area contributed by atoms with Gasteiger partial charge in [0.2, 0.25) is 15.9 Å². The molecule has 3 atom stereocenters. The van der Waals surface area contributed by atoms with Gasteiger partial charge in [-0.25, -0.2) is 8.42 Å². The molecule has 0 saturated carbocycles. The summed E-state index contributed by atoms with van der Waals surface area (Å²) in [6, 6.07) is 12.6. The van der Waals surface area contributed by atoms with E-state index in [2.05, 4.69) is 10.3 Å². The summed E-state index contributed by atoms with van der Waals surface area (Å²) < 4.78 is 28.2. The van der Waals surface area contributed by atoms with E-state index in [1.807, 2.05) is 30.3 Å². The lowest BCUT2D eigenvalue weighted by molar-refractivity contribution is -0.122. The van der Waals surface area contributed by atoms with E-state index < -0.39 is 10.0 Å². The van der Waals surface area contributed by atoms with Crippen molar-refractivity contribution >= 4 is 15.9 Å². The lowest BCUT2D eigenvalue weighted by Gasteiger charge is -2.30. The minimum absolute atomic E-state index is 0.00579. The predicted molar refractivity (Wildman–Crippen MR) is 101 cm³/mol. The van der Waals surface area contributed by atoms with Crippen molar-refractivity contribution in [1.29, 1.82) is 0 Å². The number of hydrogen-bond acceptors (Lipinski definition) is 4. The number of benzene rings is 1. The molecule has 1 aromatic carbocycles. The average Bonchev–Trinajstić information content (AvgIpc) is 3.03. The highest BCUT2D eigenvalue weighted by atomic mass is 32.2. The van der Waals surface area contributed by atoms with Crippen LogP contribution in [0.15, 0.2) is 59.8 Å². The van der Waals surface area contributed by atoms with Crippen LogP contribution in [0.3, 0.4) is 0 Å². The van der Waals surface area contributed by atoms with Crippen LogP contribution in [0.1, 0.15) is 37.2 Å². The normalized spacial score (nSPS) is 26.7. The number of amides is 1. The Kier molecular flexibility index (Phi) is 4.97. The van der Waals surface area contributed by atoms with Crippen LogP contribution in [-0.4, -0.2) is 42.2 Å². The maximum atomic E-state index is 13.3. The summed E-state index contributed by atoms with van der Waals surface area (Å²) in [6.45, 7) is 0.358. The molecule has 2 aliphatic heterocycles. The van der Waals surface area contributed by atoms with Crippen LogP contribution in [0.4, 0.5) is 0 Å². The summed E-state index contributed by atoms with van der Waals surface area (Å²) in [5.41, 5.74) is 1.05. The highest BCUT2D eigenvalue weighted by molar-refractivity contribution is 7.89. The molecule has 0 unspecified atom stereocenters. The molecule has 0 spiro atoms. The number of hydrogen-bond donors (Lipinski definition) is 1. The lowest BCUT2D eigenvalue weighted by atomic mass is 9.88. The molecule has 4 rings (SSSR count). The Morgan fingerprint density at radius 1 is 1.07 bits per heavy atom. The van der Waals surface area contributed by atoms with Gasteiger partial charge in [0.1, 0.15) is 4.90 Å². The van der Waals surface area contributed by atoms with Crippen molar-refractivity contribution in [3.63, 3.8) is 0 Å². The van der Waals surface area contributed by atoms with E-state index in [9.17, 15) is 13.2 Å². The van der Waals surface area contributed by atoms with Crippen molar-refractivity contribution in [2.24, 2.45) is 0 Å². The Morgan fingerprint density at radius 2 is 1.89 bits per heavy atom. The average molecular weight is 385 g/mol. The van der Waals surface area contributed by atoms with Gasteiger partial charge < -0.3 is 5.32 Å². The van der Waals surface area contributed by atoms with Gasteiger partial charge in [0.25, 0.3) is 0 Å². The first kappa shape index (κ1) is 18.1. The van der Waals surface area contributed by atoms with Gasteiger partial charge in [-0.1, -0.05) is 36.8 Å². The van der Waals surface area contributed by atoms with Gasteiger partial charge in [0.05, 0.1) is 6.04 Å². The van der Waals surface area contributed by atoms with Gasteiger partial charge in [0, 0.05) is 37.3 Å². The van der Waals surface area contributed by atoms with Gasteiger partial charge in [-0.2, -0.15) is 4.31 Å². The van der Waals surface area contributed by atoms with Crippen molar-refractivity contribution in [3.8, 4) is 0 Å². The van der Waals surface area contributed by atoms with Gasteiger partial charge in [-0.3, -0.25) is 9.78 Å². The lowest BCUT2D eigenvalue weighted by Crippen LogP contribution is -2.48. The highest BCUT2D eigenvalue weighted by Gasteiger charge is 2.48. The Morgan fingerprint density at radius 3 is 2.63 bits per heavy atom. The zero-order valence-electron chi connectivity index (χ0n) is 15.0.